The van der Waals surface area contributed by atoms with E-state index in [0.29, 0.717) is 23.2 Å². The predicted molar refractivity (Wildman–Crippen MR) is 87.0 cm³/mol. The molecule has 0 atom stereocenters. The Balaban J connectivity index is 2.05. The quantitative estimate of drug-likeness (QED) is 0.869. The molecule has 0 radical (unpaired) electrons. The van der Waals surface area contributed by atoms with Crippen LogP contribution in [-0.4, -0.2) is 16.7 Å². The summed E-state index contributed by atoms with van der Waals surface area (Å²) in [5.74, 6) is -0.116. The van der Waals surface area contributed by atoms with Gasteiger partial charge in [-0.1, -0.05) is 32.9 Å². The van der Waals surface area contributed by atoms with E-state index in [1.807, 2.05) is 20.8 Å². The number of anilines is 1. The molecule has 1 aromatic carbocycles. The second-order valence-electron chi connectivity index (χ2n) is 6.43. The summed E-state index contributed by atoms with van der Waals surface area (Å²) in [6, 6.07) is 10.2. The van der Waals surface area contributed by atoms with Gasteiger partial charge in [0.1, 0.15) is 0 Å². The number of Topliss-reactive ketones (excluding diaryl/α,β-unsaturated/α-hetero) is 1. The van der Waals surface area contributed by atoms with E-state index in [1.165, 1.54) is 0 Å². The van der Waals surface area contributed by atoms with Crippen molar-refractivity contribution in [3.63, 3.8) is 0 Å². The number of rotatable bonds is 4. The highest BCUT2D eigenvalue weighted by Gasteiger charge is 2.17. The van der Waals surface area contributed by atoms with Crippen LogP contribution in [0.2, 0.25) is 0 Å². The molecule has 2 aromatic rings. The summed E-state index contributed by atoms with van der Waals surface area (Å²) < 4.78 is 0. The Morgan fingerprint density at radius 1 is 0.955 bits per heavy atom. The van der Waals surface area contributed by atoms with Gasteiger partial charge in [-0.15, -0.1) is 0 Å². The Bertz CT molecular complexity index is 656. The normalized spacial score (nSPS) is 11.0. The first-order valence-corrected chi connectivity index (χ1v) is 7.20. The van der Waals surface area contributed by atoms with Crippen LogP contribution in [0.4, 0.5) is 5.69 Å². The summed E-state index contributed by atoms with van der Waals surface area (Å²) in [6.45, 7) is 6.09. The number of nitrogens with one attached hydrogen (secondary N) is 1. The van der Waals surface area contributed by atoms with Crippen molar-refractivity contribution in [3.05, 3.63) is 59.9 Å². The van der Waals surface area contributed by atoms with Crippen molar-refractivity contribution in [1.29, 1.82) is 0 Å². The maximum Gasteiger partial charge on any atom is 0.255 e. The molecule has 114 valence electrons. The molecule has 0 saturated heterocycles. The predicted octanol–water partition coefficient (Wildman–Crippen LogP) is 3.95. The van der Waals surface area contributed by atoms with Crippen molar-refractivity contribution in [2.45, 2.75) is 27.2 Å². The van der Waals surface area contributed by atoms with Gasteiger partial charge in [-0.05, 0) is 29.7 Å². The van der Waals surface area contributed by atoms with E-state index in [1.54, 1.807) is 48.8 Å². The number of hydrogen-bond acceptors (Lipinski definition) is 3. The van der Waals surface area contributed by atoms with E-state index in [4.69, 9.17) is 0 Å². The second-order valence-corrected chi connectivity index (χ2v) is 6.43. The third kappa shape index (κ3) is 4.52. The smallest absolute Gasteiger partial charge is 0.255 e. The fourth-order valence-corrected chi connectivity index (χ4v) is 2.03. The third-order valence-electron chi connectivity index (χ3n) is 3.10. The van der Waals surface area contributed by atoms with Crippen LogP contribution in [0.3, 0.4) is 0 Å². The van der Waals surface area contributed by atoms with Crippen LogP contribution in [0, 0.1) is 5.41 Å². The third-order valence-corrected chi connectivity index (χ3v) is 3.10. The largest absolute Gasteiger partial charge is 0.322 e. The fourth-order valence-electron chi connectivity index (χ4n) is 2.03. The van der Waals surface area contributed by atoms with Crippen LogP contribution < -0.4 is 5.32 Å². The molecular formula is C18H20N2O2. The molecule has 1 heterocycles. The number of benzene rings is 1. The highest BCUT2D eigenvalue weighted by molar-refractivity contribution is 6.05. The number of hydrogen-bond donors (Lipinski definition) is 1. The van der Waals surface area contributed by atoms with Crippen molar-refractivity contribution in [3.8, 4) is 0 Å². The monoisotopic (exact) mass is 296 g/mol. The lowest BCUT2D eigenvalue weighted by Crippen LogP contribution is -2.14. The Labute approximate surface area is 130 Å². The van der Waals surface area contributed by atoms with E-state index in [0.717, 1.165) is 0 Å². The van der Waals surface area contributed by atoms with Crippen LogP contribution in [0.25, 0.3) is 0 Å². The summed E-state index contributed by atoms with van der Waals surface area (Å²) in [7, 11) is 0. The molecule has 0 aliphatic heterocycles. The molecule has 1 amide bonds. The number of amides is 1. The van der Waals surface area contributed by atoms with Gasteiger partial charge in [0.05, 0.1) is 0 Å². The highest BCUT2D eigenvalue weighted by Crippen LogP contribution is 2.21. The Kier molecular flexibility index (Phi) is 4.71. The van der Waals surface area contributed by atoms with Crippen LogP contribution in [0.15, 0.2) is 48.8 Å². The Morgan fingerprint density at radius 2 is 1.50 bits per heavy atom. The van der Waals surface area contributed by atoms with E-state index in [2.05, 4.69) is 10.3 Å². The summed E-state index contributed by atoms with van der Waals surface area (Å²) in [5, 5.41) is 2.78. The van der Waals surface area contributed by atoms with Gasteiger partial charge in [-0.25, -0.2) is 0 Å². The zero-order valence-electron chi connectivity index (χ0n) is 13.1. The standard InChI is InChI=1S/C18H20N2O2/c1-18(2,3)12-16(21)13-4-6-14(7-5-13)17(22)20-15-8-10-19-11-9-15/h4-11H,12H2,1-3H3,(H,19,20,22). The number of aromatic nitrogens is 1. The average molecular weight is 296 g/mol. The number of pyridine rings is 1. The molecule has 0 spiro atoms. The van der Waals surface area contributed by atoms with E-state index >= 15 is 0 Å². The zero-order chi connectivity index (χ0) is 16.2. The molecule has 1 aromatic heterocycles. The van der Waals surface area contributed by atoms with Gasteiger partial charge in [0.2, 0.25) is 0 Å². The van der Waals surface area contributed by atoms with Gasteiger partial charge >= 0.3 is 0 Å². The molecule has 22 heavy (non-hydrogen) atoms. The molecular weight excluding hydrogens is 276 g/mol. The molecule has 0 unspecified atom stereocenters. The zero-order valence-corrected chi connectivity index (χ0v) is 13.1. The van der Waals surface area contributed by atoms with Gasteiger partial charge in [0.25, 0.3) is 5.91 Å². The summed E-state index contributed by atoms with van der Waals surface area (Å²) in [5.41, 5.74) is 1.79. The van der Waals surface area contributed by atoms with Crippen molar-refractivity contribution < 1.29 is 9.59 Å². The minimum absolute atomic E-state index is 0.0471. The van der Waals surface area contributed by atoms with Gasteiger partial charge < -0.3 is 5.32 Å². The van der Waals surface area contributed by atoms with Crippen LogP contribution in [0.1, 0.15) is 47.9 Å². The molecule has 4 nitrogen and oxygen atoms in total. The van der Waals surface area contributed by atoms with Gasteiger partial charge in [0.15, 0.2) is 5.78 Å². The lowest BCUT2D eigenvalue weighted by Gasteiger charge is -2.16. The van der Waals surface area contributed by atoms with Gasteiger partial charge in [-0.2, -0.15) is 0 Å². The highest BCUT2D eigenvalue weighted by atomic mass is 16.1. The first kappa shape index (κ1) is 15.9. The van der Waals surface area contributed by atoms with E-state index in [9.17, 15) is 9.59 Å². The maximum absolute atomic E-state index is 12.1. The van der Waals surface area contributed by atoms with Crippen molar-refractivity contribution in [2.24, 2.45) is 5.41 Å². The molecule has 0 fully saturated rings. The van der Waals surface area contributed by atoms with Gasteiger partial charge in [0, 0.05) is 35.6 Å². The minimum Gasteiger partial charge on any atom is -0.322 e. The van der Waals surface area contributed by atoms with Gasteiger partial charge in [-0.3, -0.25) is 14.6 Å². The Morgan fingerprint density at radius 3 is 2.05 bits per heavy atom. The molecule has 1 N–H and O–H groups in total. The van der Waals surface area contributed by atoms with Crippen LogP contribution >= 0.6 is 0 Å². The van der Waals surface area contributed by atoms with Crippen molar-refractivity contribution in [1.82, 2.24) is 4.98 Å². The summed E-state index contributed by atoms with van der Waals surface area (Å²) in [4.78, 5) is 28.1. The van der Waals surface area contributed by atoms with Crippen LogP contribution in [-0.2, 0) is 0 Å². The van der Waals surface area contributed by atoms with Crippen molar-refractivity contribution >= 4 is 17.4 Å². The first-order chi connectivity index (χ1) is 10.3. The molecule has 0 bridgehead atoms. The average Bonchev–Trinajstić information content (AvgIpc) is 2.46. The number of nitrogens with zero attached hydrogens (tertiary/aromatic N) is 1. The summed E-state index contributed by atoms with van der Waals surface area (Å²) >= 11 is 0. The molecule has 4 heteroatoms. The van der Waals surface area contributed by atoms with E-state index in [-0.39, 0.29) is 17.1 Å². The molecule has 0 saturated carbocycles. The topological polar surface area (TPSA) is 59.1 Å². The van der Waals surface area contributed by atoms with Crippen LogP contribution in [0.5, 0.6) is 0 Å². The molecule has 2 rings (SSSR count). The SMILES string of the molecule is CC(C)(C)CC(=O)c1ccc(C(=O)Nc2ccncc2)cc1. The minimum atomic E-state index is -0.207. The van der Waals surface area contributed by atoms with Crippen molar-refractivity contribution in [2.75, 3.05) is 5.32 Å². The molecule has 0 aliphatic rings. The van der Waals surface area contributed by atoms with E-state index < -0.39 is 0 Å². The Hall–Kier alpha value is -2.49. The fraction of sp³-hybridized carbons (Fsp3) is 0.278. The summed E-state index contributed by atoms with van der Waals surface area (Å²) in [6.07, 6.45) is 3.71. The number of carbonyl (C=O) groups excluding carboxylic acids is 2. The lowest BCUT2D eigenvalue weighted by molar-refractivity contribution is 0.0938. The maximum atomic E-state index is 12.1. The number of ketones is 1. The number of carbonyl (C=O) groups is 2. The lowest BCUT2D eigenvalue weighted by atomic mass is 9.88. The molecule has 0 aliphatic carbocycles. The second kappa shape index (κ2) is 6.52. The first-order valence-electron chi connectivity index (χ1n) is 7.20.